The summed E-state index contributed by atoms with van der Waals surface area (Å²) in [6, 6.07) is 15.7. The van der Waals surface area contributed by atoms with Crippen molar-refractivity contribution >= 4 is 11.6 Å². The quantitative estimate of drug-likeness (QED) is 0.758. The number of rotatable bonds is 7. The summed E-state index contributed by atoms with van der Waals surface area (Å²) >= 11 is 0. The van der Waals surface area contributed by atoms with Crippen molar-refractivity contribution in [3.8, 4) is 5.75 Å². The number of alkyl halides is 3. The van der Waals surface area contributed by atoms with Crippen LogP contribution in [-0.4, -0.2) is 25.4 Å². The van der Waals surface area contributed by atoms with Crippen molar-refractivity contribution in [1.82, 2.24) is 5.32 Å². The van der Waals surface area contributed by atoms with Gasteiger partial charge in [-0.1, -0.05) is 48.9 Å². The molecule has 2 N–H and O–H groups in total. The van der Waals surface area contributed by atoms with Gasteiger partial charge in [-0.15, -0.1) is 13.2 Å². The molecule has 0 heterocycles. The maximum atomic E-state index is 12.4. The van der Waals surface area contributed by atoms with E-state index in [4.69, 9.17) is 0 Å². The Morgan fingerprint density at radius 3 is 2.33 bits per heavy atom. The Bertz CT molecular complexity index is 774. The maximum absolute atomic E-state index is 12.4. The van der Waals surface area contributed by atoms with E-state index in [2.05, 4.69) is 27.5 Å². The van der Waals surface area contributed by atoms with Crippen molar-refractivity contribution in [2.24, 2.45) is 0 Å². The molecule has 4 nitrogen and oxygen atoms in total. The molecule has 2 aromatic rings. The Kier molecular flexibility index (Phi) is 5.58. The normalized spacial score (nSPS) is 15.5. The lowest BCUT2D eigenvalue weighted by Crippen LogP contribution is -2.46. The predicted molar refractivity (Wildman–Crippen MR) is 96.6 cm³/mol. The predicted octanol–water partition coefficient (Wildman–Crippen LogP) is 4.24. The molecular formula is C20H21F3N2O2. The van der Waals surface area contributed by atoms with Crippen LogP contribution in [0, 0.1) is 0 Å². The summed E-state index contributed by atoms with van der Waals surface area (Å²) in [4.78, 5) is 12.2. The molecule has 144 valence electrons. The van der Waals surface area contributed by atoms with Gasteiger partial charge in [0.15, 0.2) is 5.75 Å². The number of ether oxygens (including phenoxy) is 1. The van der Waals surface area contributed by atoms with E-state index in [1.54, 1.807) is 6.07 Å². The van der Waals surface area contributed by atoms with Crippen molar-refractivity contribution in [3.63, 3.8) is 0 Å². The van der Waals surface area contributed by atoms with Crippen LogP contribution in [0.25, 0.3) is 0 Å². The molecule has 1 saturated carbocycles. The lowest BCUT2D eigenvalue weighted by molar-refractivity contribution is -0.274. The standard InChI is InChI=1S/C20H21F3N2O2/c21-20(22,23)27-17-10-5-4-9-16(17)24-13-18(26)25-14-19(11-6-12-19)15-7-2-1-3-8-15/h1-5,7-10,24H,6,11-14H2,(H,25,26). The smallest absolute Gasteiger partial charge is 0.404 e. The fourth-order valence-corrected chi connectivity index (χ4v) is 3.29. The van der Waals surface area contributed by atoms with Gasteiger partial charge in [-0.05, 0) is 30.5 Å². The highest BCUT2D eigenvalue weighted by atomic mass is 19.4. The van der Waals surface area contributed by atoms with Crippen LogP contribution >= 0.6 is 0 Å². The average molecular weight is 378 g/mol. The number of anilines is 1. The Balaban J connectivity index is 1.55. The highest BCUT2D eigenvalue weighted by Crippen LogP contribution is 2.43. The molecule has 2 aromatic carbocycles. The molecule has 1 amide bonds. The number of halogens is 3. The molecule has 0 bridgehead atoms. The van der Waals surface area contributed by atoms with Gasteiger partial charge in [-0.3, -0.25) is 4.79 Å². The van der Waals surface area contributed by atoms with Crippen molar-refractivity contribution in [3.05, 3.63) is 60.2 Å². The van der Waals surface area contributed by atoms with Crippen LogP contribution in [0.5, 0.6) is 5.75 Å². The van der Waals surface area contributed by atoms with Gasteiger partial charge in [-0.25, -0.2) is 0 Å². The molecule has 0 radical (unpaired) electrons. The Morgan fingerprint density at radius 2 is 1.70 bits per heavy atom. The first-order valence-corrected chi connectivity index (χ1v) is 8.79. The number of benzene rings is 2. The second-order valence-electron chi connectivity index (χ2n) is 6.67. The van der Waals surface area contributed by atoms with Gasteiger partial charge >= 0.3 is 6.36 Å². The van der Waals surface area contributed by atoms with Gasteiger partial charge in [0, 0.05) is 12.0 Å². The van der Waals surface area contributed by atoms with Crippen molar-refractivity contribution < 1.29 is 22.7 Å². The molecule has 7 heteroatoms. The molecule has 0 unspecified atom stereocenters. The van der Waals surface area contributed by atoms with Crippen molar-refractivity contribution in [2.45, 2.75) is 31.0 Å². The lowest BCUT2D eigenvalue weighted by Gasteiger charge is -2.42. The highest BCUT2D eigenvalue weighted by molar-refractivity contribution is 5.81. The molecule has 0 aliphatic heterocycles. The molecule has 0 saturated heterocycles. The van der Waals surface area contributed by atoms with Gasteiger partial charge in [0.25, 0.3) is 0 Å². The summed E-state index contributed by atoms with van der Waals surface area (Å²) in [5.41, 5.74) is 1.27. The maximum Gasteiger partial charge on any atom is 0.573 e. The molecule has 3 rings (SSSR count). The van der Waals surface area contributed by atoms with Crippen LogP contribution in [0.1, 0.15) is 24.8 Å². The molecule has 27 heavy (non-hydrogen) atoms. The van der Waals surface area contributed by atoms with Crippen LogP contribution in [0.3, 0.4) is 0 Å². The minimum absolute atomic E-state index is 0.0474. The minimum Gasteiger partial charge on any atom is -0.404 e. The number of carbonyl (C=O) groups is 1. The van der Waals surface area contributed by atoms with E-state index in [0.717, 1.165) is 19.3 Å². The van der Waals surface area contributed by atoms with E-state index in [1.807, 2.05) is 18.2 Å². The fourth-order valence-electron chi connectivity index (χ4n) is 3.29. The van der Waals surface area contributed by atoms with Gasteiger partial charge in [-0.2, -0.15) is 0 Å². The van der Waals surface area contributed by atoms with E-state index >= 15 is 0 Å². The second-order valence-corrected chi connectivity index (χ2v) is 6.67. The van der Waals surface area contributed by atoms with E-state index in [9.17, 15) is 18.0 Å². The van der Waals surface area contributed by atoms with Crippen LogP contribution in [0.4, 0.5) is 18.9 Å². The molecule has 1 aliphatic rings. The zero-order valence-corrected chi connectivity index (χ0v) is 14.7. The summed E-state index contributed by atoms with van der Waals surface area (Å²) in [5, 5.41) is 5.61. The topological polar surface area (TPSA) is 50.4 Å². The second kappa shape index (κ2) is 7.90. The average Bonchev–Trinajstić information content (AvgIpc) is 2.60. The number of para-hydroxylation sites is 2. The number of amides is 1. The van der Waals surface area contributed by atoms with Crippen LogP contribution < -0.4 is 15.4 Å². The van der Waals surface area contributed by atoms with E-state index in [-0.39, 0.29) is 29.3 Å². The monoisotopic (exact) mass is 378 g/mol. The fraction of sp³-hybridized carbons (Fsp3) is 0.350. The Hall–Kier alpha value is -2.70. The third kappa shape index (κ3) is 4.93. The zero-order valence-electron chi connectivity index (χ0n) is 14.7. The summed E-state index contributed by atoms with van der Waals surface area (Å²) in [6.45, 7) is 0.376. The molecular weight excluding hydrogens is 357 g/mol. The lowest BCUT2D eigenvalue weighted by atomic mass is 9.64. The molecule has 0 aromatic heterocycles. The molecule has 1 aliphatic carbocycles. The molecule has 1 fully saturated rings. The van der Waals surface area contributed by atoms with E-state index in [1.165, 1.54) is 23.8 Å². The van der Waals surface area contributed by atoms with E-state index in [0.29, 0.717) is 6.54 Å². The summed E-state index contributed by atoms with van der Waals surface area (Å²) in [6.07, 6.45) is -1.66. The SMILES string of the molecule is O=C(CNc1ccccc1OC(F)(F)F)NCC1(c2ccccc2)CCC1. The van der Waals surface area contributed by atoms with Gasteiger partial charge in [0.05, 0.1) is 12.2 Å². The van der Waals surface area contributed by atoms with E-state index < -0.39 is 6.36 Å². The minimum atomic E-state index is -4.79. The number of carbonyl (C=O) groups excluding carboxylic acids is 1. The first kappa shape index (κ1) is 19.1. The number of nitrogens with one attached hydrogen (secondary N) is 2. The molecule has 0 spiro atoms. The largest absolute Gasteiger partial charge is 0.573 e. The van der Waals surface area contributed by atoms with Crippen LogP contribution in [0.15, 0.2) is 54.6 Å². The van der Waals surface area contributed by atoms with Crippen LogP contribution in [0.2, 0.25) is 0 Å². The summed E-state index contributed by atoms with van der Waals surface area (Å²) in [5.74, 6) is -0.642. The zero-order chi connectivity index (χ0) is 19.3. The Morgan fingerprint density at radius 1 is 1.04 bits per heavy atom. The highest BCUT2D eigenvalue weighted by Gasteiger charge is 2.38. The summed E-state index contributed by atoms with van der Waals surface area (Å²) in [7, 11) is 0. The third-order valence-corrected chi connectivity index (χ3v) is 4.87. The number of hydrogen-bond acceptors (Lipinski definition) is 3. The molecule has 0 atom stereocenters. The van der Waals surface area contributed by atoms with Gasteiger partial charge < -0.3 is 15.4 Å². The van der Waals surface area contributed by atoms with Gasteiger partial charge in [0.1, 0.15) is 0 Å². The first-order chi connectivity index (χ1) is 12.9. The summed E-state index contributed by atoms with van der Waals surface area (Å²) < 4.78 is 41.3. The number of hydrogen-bond donors (Lipinski definition) is 2. The van der Waals surface area contributed by atoms with Crippen LogP contribution in [-0.2, 0) is 10.2 Å². The van der Waals surface area contributed by atoms with Gasteiger partial charge in [0.2, 0.25) is 5.91 Å². The van der Waals surface area contributed by atoms with Crippen molar-refractivity contribution in [2.75, 3.05) is 18.4 Å². The first-order valence-electron chi connectivity index (χ1n) is 8.79. The Labute approximate surface area is 155 Å². The van der Waals surface area contributed by atoms with Crippen molar-refractivity contribution in [1.29, 1.82) is 0 Å². The third-order valence-electron chi connectivity index (χ3n) is 4.87.